The maximum atomic E-state index is 4.32. The molecule has 0 saturated carbocycles. The topological polar surface area (TPSA) is 24.9 Å². The molecule has 1 aromatic heterocycles. The number of hydrogen-bond acceptors (Lipinski definition) is 3. The van der Waals surface area contributed by atoms with Crippen LogP contribution in [0.3, 0.4) is 0 Å². The summed E-state index contributed by atoms with van der Waals surface area (Å²) in [6.07, 6.45) is 7.10. The number of hydrogen-bond donors (Lipinski definition) is 1. The van der Waals surface area contributed by atoms with Crippen molar-refractivity contribution < 1.29 is 0 Å². The number of nitrogens with zero attached hydrogens (tertiary/aromatic N) is 1. The second-order valence-corrected chi connectivity index (χ2v) is 6.54. The lowest BCUT2D eigenvalue weighted by Crippen LogP contribution is -2.20. The Morgan fingerprint density at radius 3 is 3.05 bits per heavy atom. The zero-order valence-corrected chi connectivity index (χ0v) is 12.2. The predicted molar refractivity (Wildman–Crippen MR) is 80.4 cm³/mol. The molecule has 3 heteroatoms. The third-order valence-electron chi connectivity index (χ3n) is 3.81. The van der Waals surface area contributed by atoms with Crippen LogP contribution in [0.25, 0.3) is 0 Å². The second kappa shape index (κ2) is 5.85. The summed E-state index contributed by atoms with van der Waals surface area (Å²) in [5.41, 5.74) is 3.03. The van der Waals surface area contributed by atoms with Crippen molar-refractivity contribution in [2.45, 2.75) is 45.2 Å². The summed E-state index contributed by atoms with van der Waals surface area (Å²) < 4.78 is 0. The van der Waals surface area contributed by atoms with Crippen LogP contribution in [0.4, 0.5) is 0 Å². The smallest absolute Gasteiger partial charge is 0.0897 e. The van der Waals surface area contributed by atoms with Gasteiger partial charge in [-0.25, -0.2) is 4.98 Å². The molecule has 1 atom stereocenters. The Balaban J connectivity index is 1.73. The van der Waals surface area contributed by atoms with E-state index in [1.54, 1.807) is 11.3 Å². The molecule has 1 aromatic carbocycles. The molecule has 2 aromatic rings. The van der Waals surface area contributed by atoms with Gasteiger partial charge in [0.25, 0.3) is 0 Å². The number of benzene rings is 1. The first-order chi connectivity index (χ1) is 9.33. The molecule has 1 aliphatic rings. The zero-order valence-electron chi connectivity index (χ0n) is 11.4. The van der Waals surface area contributed by atoms with Crippen molar-refractivity contribution in [3.63, 3.8) is 0 Å². The minimum absolute atomic E-state index is 0.501. The van der Waals surface area contributed by atoms with Crippen molar-refractivity contribution >= 4 is 11.3 Å². The highest BCUT2D eigenvalue weighted by molar-refractivity contribution is 7.11. The lowest BCUT2D eigenvalue weighted by molar-refractivity contribution is 0.491. The Morgan fingerprint density at radius 2 is 2.21 bits per heavy atom. The molecule has 3 rings (SSSR count). The number of aryl methyl sites for hydroxylation is 2. The van der Waals surface area contributed by atoms with Gasteiger partial charge in [0.2, 0.25) is 0 Å². The quantitative estimate of drug-likeness (QED) is 0.854. The number of rotatable bonds is 3. The lowest BCUT2D eigenvalue weighted by Gasteiger charge is -2.18. The first-order valence-corrected chi connectivity index (χ1v) is 7.87. The van der Waals surface area contributed by atoms with Crippen molar-refractivity contribution in [3.05, 3.63) is 51.5 Å². The molecule has 0 fully saturated rings. The van der Waals surface area contributed by atoms with Gasteiger partial charge in [0.05, 0.1) is 5.01 Å². The van der Waals surface area contributed by atoms with Crippen LogP contribution in [0.15, 0.2) is 30.5 Å². The summed E-state index contributed by atoms with van der Waals surface area (Å²) in [4.78, 5) is 5.65. The van der Waals surface area contributed by atoms with Crippen molar-refractivity contribution in [1.29, 1.82) is 0 Å². The van der Waals surface area contributed by atoms with E-state index in [-0.39, 0.29) is 0 Å². The van der Waals surface area contributed by atoms with Gasteiger partial charge in [-0.2, -0.15) is 0 Å². The molecule has 1 N–H and O–H groups in total. The van der Waals surface area contributed by atoms with Gasteiger partial charge in [0, 0.05) is 23.7 Å². The molecule has 0 aliphatic heterocycles. The molecule has 0 bridgehead atoms. The van der Waals surface area contributed by atoms with Crippen molar-refractivity contribution in [2.75, 3.05) is 0 Å². The van der Waals surface area contributed by atoms with E-state index in [0.717, 1.165) is 11.6 Å². The van der Waals surface area contributed by atoms with E-state index in [4.69, 9.17) is 0 Å². The Labute approximate surface area is 118 Å². The Kier molecular flexibility index (Phi) is 3.95. The largest absolute Gasteiger partial charge is 0.305 e. The molecular weight excluding hydrogens is 252 g/mol. The maximum Gasteiger partial charge on any atom is 0.0897 e. The fraction of sp³-hybridized carbons (Fsp3) is 0.438. The van der Waals surface area contributed by atoms with Gasteiger partial charge in [-0.1, -0.05) is 30.7 Å². The molecule has 100 valence electrons. The molecule has 1 heterocycles. The summed E-state index contributed by atoms with van der Waals surface area (Å²) in [7, 11) is 0. The monoisotopic (exact) mass is 272 g/mol. The predicted octanol–water partition coefficient (Wildman–Crippen LogP) is 4.01. The van der Waals surface area contributed by atoms with Gasteiger partial charge < -0.3 is 5.32 Å². The van der Waals surface area contributed by atoms with E-state index < -0.39 is 0 Å². The average molecular weight is 272 g/mol. The highest BCUT2D eigenvalue weighted by atomic mass is 32.1. The first kappa shape index (κ1) is 12.8. The van der Waals surface area contributed by atoms with Gasteiger partial charge in [-0.15, -0.1) is 11.3 Å². The summed E-state index contributed by atoms with van der Waals surface area (Å²) in [5.74, 6) is 0. The van der Waals surface area contributed by atoms with Crippen LogP contribution in [0.1, 0.15) is 46.3 Å². The van der Waals surface area contributed by atoms with E-state index in [1.807, 2.05) is 6.20 Å². The van der Waals surface area contributed by atoms with E-state index >= 15 is 0 Å². The van der Waals surface area contributed by atoms with E-state index in [9.17, 15) is 0 Å². The van der Waals surface area contributed by atoms with Gasteiger partial charge in [0.15, 0.2) is 0 Å². The second-order valence-electron chi connectivity index (χ2n) is 5.22. The van der Waals surface area contributed by atoms with Gasteiger partial charge in [0.1, 0.15) is 0 Å². The van der Waals surface area contributed by atoms with Gasteiger partial charge >= 0.3 is 0 Å². The summed E-state index contributed by atoms with van der Waals surface area (Å²) in [6.45, 7) is 3.00. The zero-order chi connectivity index (χ0) is 13.1. The van der Waals surface area contributed by atoms with Crippen LogP contribution >= 0.6 is 11.3 Å². The van der Waals surface area contributed by atoms with Crippen LogP contribution in [0.2, 0.25) is 0 Å². The SMILES string of the molecule is Cc1ncc(CNC2CCCCc3ccccc32)s1. The maximum absolute atomic E-state index is 4.32. The van der Waals surface area contributed by atoms with Crippen molar-refractivity contribution in [2.24, 2.45) is 0 Å². The van der Waals surface area contributed by atoms with Crippen molar-refractivity contribution in [3.8, 4) is 0 Å². The van der Waals surface area contributed by atoms with Crippen LogP contribution in [0.5, 0.6) is 0 Å². The minimum atomic E-state index is 0.501. The highest BCUT2D eigenvalue weighted by Gasteiger charge is 2.17. The molecule has 1 aliphatic carbocycles. The number of fused-ring (bicyclic) bond motifs is 1. The average Bonchev–Trinajstić information content (AvgIpc) is 2.73. The number of aromatic nitrogens is 1. The Hall–Kier alpha value is -1.19. The summed E-state index contributed by atoms with van der Waals surface area (Å²) in [6, 6.07) is 9.40. The Bertz CT molecular complexity index is 547. The highest BCUT2D eigenvalue weighted by Crippen LogP contribution is 2.29. The molecule has 2 nitrogen and oxygen atoms in total. The summed E-state index contributed by atoms with van der Waals surface area (Å²) in [5, 5.41) is 4.87. The normalized spacial score (nSPS) is 18.9. The molecule has 0 amide bonds. The third kappa shape index (κ3) is 3.04. The fourth-order valence-electron chi connectivity index (χ4n) is 2.84. The van der Waals surface area contributed by atoms with E-state index in [2.05, 4.69) is 41.5 Å². The molecule has 0 saturated heterocycles. The molecule has 1 unspecified atom stereocenters. The fourth-order valence-corrected chi connectivity index (χ4v) is 3.59. The van der Waals surface area contributed by atoms with Crippen LogP contribution in [0, 0.1) is 6.92 Å². The summed E-state index contributed by atoms with van der Waals surface area (Å²) >= 11 is 1.79. The van der Waals surface area contributed by atoms with Crippen LogP contribution < -0.4 is 5.32 Å². The molecule has 19 heavy (non-hydrogen) atoms. The van der Waals surface area contributed by atoms with E-state index in [0.29, 0.717) is 6.04 Å². The van der Waals surface area contributed by atoms with E-state index in [1.165, 1.54) is 41.7 Å². The number of nitrogens with one attached hydrogen (secondary N) is 1. The van der Waals surface area contributed by atoms with Crippen LogP contribution in [-0.2, 0) is 13.0 Å². The number of thiazole rings is 1. The van der Waals surface area contributed by atoms with Gasteiger partial charge in [-0.05, 0) is 37.3 Å². The first-order valence-electron chi connectivity index (χ1n) is 7.05. The van der Waals surface area contributed by atoms with Crippen LogP contribution in [-0.4, -0.2) is 4.98 Å². The minimum Gasteiger partial charge on any atom is -0.305 e. The Morgan fingerprint density at radius 1 is 1.32 bits per heavy atom. The van der Waals surface area contributed by atoms with Crippen molar-refractivity contribution in [1.82, 2.24) is 10.3 Å². The lowest BCUT2D eigenvalue weighted by atomic mass is 9.99. The standard InChI is InChI=1S/C16H20N2S/c1-12-17-10-14(19-12)11-18-16-9-5-3-7-13-6-2-4-8-15(13)16/h2,4,6,8,10,16,18H,3,5,7,9,11H2,1H3. The van der Waals surface area contributed by atoms with Gasteiger partial charge in [-0.3, -0.25) is 0 Å². The third-order valence-corrected chi connectivity index (χ3v) is 4.72. The molecule has 0 spiro atoms. The molecular formula is C16H20N2S. The molecule has 0 radical (unpaired) electrons.